The van der Waals surface area contributed by atoms with Gasteiger partial charge in [-0.2, -0.15) is 0 Å². The molecule has 6 nitrogen and oxygen atoms in total. The summed E-state index contributed by atoms with van der Waals surface area (Å²) in [4.78, 5) is 38.9. The summed E-state index contributed by atoms with van der Waals surface area (Å²) in [5.74, 6) is -0.908. The SMILES string of the molecule is CC(=Cc1ccccc1)C=C1SC(=S)N(CCCC(=O)NNC(=O)c2ccc(Br)cc2)C1=O. The first kappa shape index (κ1) is 24.9. The summed E-state index contributed by atoms with van der Waals surface area (Å²) < 4.78 is 1.33. The Labute approximate surface area is 210 Å². The highest BCUT2D eigenvalue weighted by Gasteiger charge is 2.31. The van der Waals surface area contributed by atoms with Crippen molar-refractivity contribution in [2.24, 2.45) is 0 Å². The number of nitrogens with zero attached hydrogens (tertiary/aromatic N) is 1. The summed E-state index contributed by atoms with van der Waals surface area (Å²) >= 11 is 9.91. The van der Waals surface area contributed by atoms with E-state index >= 15 is 0 Å². The molecule has 1 aliphatic heterocycles. The minimum atomic E-state index is -0.406. The number of thiocarbonyl (C=S) groups is 1. The van der Waals surface area contributed by atoms with Crippen LogP contribution >= 0.6 is 39.9 Å². The zero-order valence-corrected chi connectivity index (χ0v) is 21.1. The van der Waals surface area contributed by atoms with Crippen LogP contribution in [0.1, 0.15) is 35.7 Å². The van der Waals surface area contributed by atoms with E-state index in [4.69, 9.17) is 12.2 Å². The van der Waals surface area contributed by atoms with Crippen LogP contribution in [0.5, 0.6) is 0 Å². The van der Waals surface area contributed by atoms with Crippen LogP contribution in [0, 0.1) is 0 Å². The maximum Gasteiger partial charge on any atom is 0.269 e. The van der Waals surface area contributed by atoms with Crippen molar-refractivity contribution in [2.75, 3.05) is 6.54 Å². The molecule has 1 aliphatic rings. The van der Waals surface area contributed by atoms with Crippen LogP contribution < -0.4 is 10.9 Å². The van der Waals surface area contributed by atoms with Gasteiger partial charge in [-0.05, 0) is 54.8 Å². The van der Waals surface area contributed by atoms with E-state index in [0.717, 1.165) is 15.6 Å². The first-order chi connectivity index (χ1) is 15.8. The molecule has 1 fully saturated rings. The Balaban J connectivity index is 1.46. The highest BCUT2D eigenvalue weighted by molar-refractivity contribution is 9.10. The minimum Gasteiger partial charge on any atom is -0.293 e. The van der Waals surface area contributed by atoms with E-state index in [9.17, 15) is 14.4 Å². The van der Waals surface area contributed by atoms with Crippen LogP contribution in [0.2, 0.25) is 0 Å². The van der Waals surface area contributed by atoms with E-state index < -0.39 is 5.91 Å². The summed E-state index contributed by atoms with van der Waals surface area (Å²) in [7, 11) is 0. The second kappa shape index (κ2) is 11.9. The van der Waals surface area contributed by atoms with E-state index in [1.807, 2.05) is 49.4 Å². The van der Waals surface area contributed by atoms with E-state index in [0.29, 0.717) is 27.8 Å². The van der Waals surface area contributed by atoms with Gasteiger partial charge in [0.15, 0.2) is 0 Å². The number of carbonyl (C=O) groups excluding carboxylic acids is 3. The van der Waals surface area contributed by atoms with Crippen molar-refractivity contribution >= 4 is 68.0 Å². The molecular weight excluding hydrogens is 522 g/mol. The Kier molecular flexibility index (Phi) is 8.99. The normalized spacial score (nSPS) is 15.2. The number of halogens is 1. The molecule has 0 atom stereocenters. The molecule has 170 valence electrons. The predicted octanol–water partition coefficient (Wildman–Crippen LogP) is 4.84. The smallest absolute Gasteiger partial charge is 0.269 e. The van der Waals surface area contributed by atoms with Gasteiger partial charge >= 0.3 is 0 Å². The largest absolute Gasteiger partial charge is 0.293 e. The Bertz CT molecular complexity index is 1120. The van der Waals surface area contributed by atoms with Crippen LogP contribution in [-0.2, 0) is 9.59 Å². The summed E-state index contributed by atoms with van der Waals surface area (Å²) in [5.41, 5.74) is 7.21. The molecule has 3 rings (SSSR count). The third kappa shape index (κ3) is 7.38. The number of hydrogen-bond donors (Lipinski definition) is 2. The molecule has 2 aromatic rings. The Morgan fingerprint density at radius 1 is 1.09 bits per heavy atom. The molecule has 2 aromatic carbocycles. The number of hydrogen-bond acceptors (Lipinski definition) is 5. The topological polar surface area (TPSA) is 78.5 Å². The molecule has 1 heterocycles. The van der Waals surface area contributed by atoms with Crippen LogP contribution in [0.15, 0.2) is 75.6 Å². The number of thioether (sulfide) groups is 1. The molecule has 0 radical (unpaired) electrons. The molecule has 3 amide bonds. The lowest BCUT2D eigenvalue weighted by Gasteiger charge is -2.14. The third-order valence-electron chi connectivity index (χ3n) is 4.63. The Hall–Kier alpha value is -2.75. The molecule has 1 saturated heterocycles. The fourth-order valence-electron chi connectivity index (χ4n) is 3.01. The van der Waals surface area contributed by atoms with Crippen molar-refractivity contribution in [2.45, 2.75) is 19.8 Å². The minimum absolute atomic E-state index is 0.143. The summed E-state index contributed by atoms with van der Waals surface area (Å²) in [6.45, 7) is 2.27. The van der Waals surface area contributed by atoms with Gasteiger partial charge in [0.25, 0.3) is 11.8 Å². The second-order valence-corrected chi connectivity index (χ2v) is 9.84. The molecule has 0 saturated carbocycles. The van der Waals surface area contributed by atoms with Gasteiger partial charge in [-0.1, -0.05) is 76.3 Å². The molecule has 0 aromatic heterocycles. The van der Waals surface area contributed by atoms with Crippen molar-refractivity contribution in [3.05, 3.63) is 86.8 Å². The van der Waals surface area contributed by atoms with E-state index in [1.54, 1.807) is 24.3 Å². The van der Waals surface area contributed by atoms with Gasteiger partial charge in [0, 0.05) is 23.0 Å². The number of hydrazine groups is 1. The number of amides is 3. The van der Waals surface area contributed by atoms with Gasteiger partial charge in [0.2, 0.25) is 5.91 Å². The van der Waals surface area contributed by atoms with E-state index in [1.165, 1.54) is 16.7 Å². The van der Waals surface area contributed by atoms with Crippen LogP contribution in [0.3, 0.4) is 0 Å². The molecule has 2 N–H and O–H groups in total. The highest BCUT2D eigenvalue weighted by Crippen LogP contribution is 2.32. The molecule has 0 bridgehead atoms. The zero-order chi connectivity index (χ0) is 23.8. The van der Waals surface area contributed by atoms with Crippen molar-refractivity contribution < 1.29 is 14.4 Å². The highest BCUT2D eigenvalue weighted by atomic mass is 79.9. The lowest BCUT2D eigenvalue weighted by atomic mass is 10.1. The zero-order valence-electron chi connectivity index (χ0n) is 17.8. The third-order valence-corrected chi connectivity index (χ3v) is 6.54. The maximum absolute atomic E-state index is 12.7. The van der Waals surface area contributed by atoms with Crippen LogP contribution in [-0.4, -0.2) is 33.5 Å². The van der Waals surface area contributed by atoms with Gasteiger partial charge in [-0.3, -0.25) is 30.1 Å². The number of allylic oxidation sites excluding steroid dienone is 2. The van der Waals surface area contributed by atoms with Gasteiger partial charge in [0.05, 0.1) is 4.91 Å². The summed E-state index contributed by atoms with van der Waals surface area (Å²) in [6.07, 6.45) is 4.39. The summed E-state index contributed by atoms with van der Waals surface area (Å²) in [5, 5.41) is 0. The van der Waals surface area contributed by atoms with Crippen LogP contribution in [0.25, 0.3) is 6.08 Å². The molecule has 0 aliphatic carbocycles. The average molecular weight is 544 g/mol. The molecule has 33 heavy (non-hydrogen) atoms. The van der Waals surface area contributed by atoms with E-state index in [2.05, 4.69) is 26.8 Å². The first-order valence-corrected chi connectivity index (χ1v) is 12.2. The van der Waals surface area contributed by atoms with Gasteiger partial charge in [0.1, 0.15) is 4.32 Å². The average Bonchev–Trinajstić information content (AvgIpc) is 3.05. The fraction of sp³-hybridized carbons (Fsp3) is 0.167. The van der Waals surface area contributed by atoms with Crippen molar-refractivity contribution in [3.63, 3.8) is 0 Å². The summed E-state index contributed by atoms with van der Waals surface area (Å²) in [6, 6.07) is 16.6. The molecular formula is C24H22BrN3O3S2. The number of rotatable bonds is 7. The molecule has 0 unspecified atom stereocenters. The standard InChI is InChI=1S/C24H22BrN3O3S2/c1-16(14-17-6-3-2-4-7-17)15-20-23(31)28(24(32)33-20)13-5-8-21(29)26-27-22(30)18-9-11-19(25)12-10-18/h2-4,6-7,9-12,14-15H,5,8,13H2,1H3,(H,26,29)(H,27,30). The first-order valence-electron chi connectivity index (χ1n) is 10.2. The number of nitrogens with one attached hydrogen (secondary N) is 2. The Morgan fingerprint density at radius 3 is 2.48 bits per heavy atom. The number of carbonyl (C=O) groups is 3. The fourth-order valence-corrected chi connectivity index (χ4v) is 4.64. The van der Waals surface area contributed by atoms with Gasteiger partial charge < -0.3 is 0 Å². The number of benzene rings is 2. The lowest BCUT2D eigenvalue weighted by molar-refractivity contribution is -0.124. The lowest BCUT2D eigenvalue weighted by Crippen LogP contribution is -2.41. The monoisotopic (exact) mass is 543 g/mol. The van der Waals surface area contributed by atoms with Gasteiger partial charge in [-0.15, -0.1) is 0 Å². The Morgan fingerprint density at radius 2 is 1.79 bits per heavy atom. The second-order valence-electron chi connectivity index (χ2n) is 7.25. The van der Waals surface area contributed by atoms with Crippen molar-refractivity contribution in [3.8, 4) is 0 Å². The van der Waals surface area contributed by atoms with Crippen molar-refractivity contribution in [1.82, 2.24) is 15.8 Å². The van der Waals surface area contributed by atoms with E-state index in [-0.39, 0.29) is 18.2 Å². The molecule has 0 spiro atoms. The van der Waals surface area contributed by atoms with Gasteiger partial charge in [-0.25, -0.2) is 0 Å². The molecule has 9 heteroatoms. The predicted molar refractivity (Wildman–Crippen MR) is 139 cm³/mol. The van der Waals surface area contributed by atoms with Crippen LogP contribution in [0.4, 0.5) is 0 Å². The maximum atomic E-state index is 12.7. The van der Waals surface area contributed by atoms with Crippen molar-refractivity contribution in [1.29, 1.82) is 0 Å². The quantitative estimate of drug-likeness (QED) is 0.297.